The van der Waals surface area contributed by atoms with Crippen molar-refractivity contribution in [2.75, 3.05) is 13.7 Å². The number of fused-ring (bicyclic) bond motifs is 1. The van der Waals surface area contributed by atoms with Crippen molar-refractivity contribution in [3.05, 3.63) is 53.5 Å². The van der Waals surface area contributed by atoms with Gasteiger partial charge < -0.3 is 15.2 Å². The molecule has 1 aromatic heterocycles. The van der Waals surface area contributed by atoms with E-state index in [1.165, 1.54) is 35.4 Å². The van der Waals surface area contributed by atoms with Gasteiger partial charge in [0.15, 0.2) is 5.96 Å². The molecular weight excluding hydrogens is 389 g/mol. The molecular formula is C21H20FN5O3. The summed E-state index contributed by atoms with van der Waals surface area (Å²) < 4.78 is 26.5. The molecule has 0 radical (unpaired) electrons. The van der Waals surface area contributed by atoms with Crippen molar-refractivity contribution in [1.29, 1.82) is 5.26 Å². The summed E-state index contributed by atoms with van der Waals surface area (Å²) in [6.07, 6.45) is 1.66. The Labute approximate surface area is 172 Å². The molecule has 154 valence electrons. The average Bonchev–Trinajstić information content (AvgIpc) is 2.74. The third-order valence-electron chi connectivity index (χ3n) is 5.51. The minimum atomic E-state index is -1.29. The molecule has 2 aromatic rings. The first-order valence-electron chi connectivity index (χ1n) is 9.42. The second kappa shape index (κ2) is 7.39. The molecule has 9 heteroatoms. The summed E-state index contributed by atoms with van der Waals surface area (Å²) in [5, 5.41) is 9.04. The van der Waals surface area contributed by atoms with Crippen molar-refractivity contribution >= 4 is 11.9 Å². The summed E-state index contributed by atoms with van der Waals surface area (Å²) in [4.78, 5) is 22.9. The van der Waals surface area contributed by atoms with Crippen LogP contribution in [0.2, 0.25) is 0 Å². The number of hydrogen-bond acceptors (Lipinski definition) is 7. The number of halogens is 1. The van der Waals surface area contributed by atoms with E-state index in [4.69, 9.17) is 20.5 Å². The number of nitriles is 1. The van der Waals surface area contributed by atoms with Crippen LogP contribution < -0.4 is 10.5 Å². The van der Waals surface area contributed by atoms with E-state index in [0.29, 0.717) is 17.7 Å². The van der Waals surface area contributed by atoms with Crippen molar-refractivity contribution in [3.63, 3.8) is 0 Å². The zero-order chi connectivity index (χ0) is 21.5. The second-order valence-corrected chi connectivity index (χ2v) is 7.44. The molecule has 1 fully saturated rings. The van der Waals surface area contributed by atoms with Crippen LogP contribution in [-0.2, 0) is 15.1 Å². The molecule has 1 amide bonds. The molecule has 0 aliphatic carbocycles. The highest BCUT2D eigenvalue weighted by Crippen LogP contribution is 2.46. The molecule has 4 rings (SSSR count). The van der Waals surface area contributed by atoms with Crippen molar-refractivity contribution in [3.8, 4) is 17.7 Å². The SMILES string of the molecule is C[C@H]1C[C@H]2C(=O)N(C)C(N)=N[C@@]2(c2cc(Oc3cc(C#N)ccn3)ccc2F)CO1. The number of aromatic nitrogens is 1. The van der Waals surface area contributed by atoms with Gasteiger partial charge in [0.2, 0.25) is 11.8 Å². The van der Waals surface area contributed by atoms with Gasteiger partial charge in [0.25, 0.3) is 0 Å². The number of benzene rings is 1. The third-order valence-corrected chi connectivity index (χ3v) is 5.51. The van der Waals surface area contributed by atoms with E-state index in [1.54, 1.807) is 13.1 Å². The van der Waals surface area contributed by atoms with Crippen molar-refractivity contribution in [2.24, 2.45) is 16.6 Å². The van der Waals surface area contributed by atoms with E-state index in [9.17, 15) is 4.79 Å². The molecule has 0 unspecified atom stereocenters. The molecule has 2 aliphatic heterocycles. The standard InChI is InChI=1S/C21H20FN5O3/c1-12-7-16-19(28)27(2)20(24)26-21(16,11-29-12)15-9-14(3-4-17(15)22)30-18-8-13(10-23)5-6-25-18/h3-6,8-9,12,16H,7,11H2,1-2H3,(H2,24,26)/t12-,16-,21+/m0/s1. The molecule has 0 bridgehead atoms. The fourth-order valence-electron chi connectivity index (χ4n) is 3.89. The summed E-state index contributed by atoms with van der Waals surface area (Å²) in [6.45, 7) is 1.88. The molecule has 0 spiro atoms. The van der Waals surface area contributed by atoms with Gasteiger partial charge >= 0.3 is 0 Å². The highest BCUT2D eigenvalue weighted by Gasteiger charge is 2.54. The lowest BCUT2D eigenvalue weighted by molar-refractivity contribution is -0.144. The summed E-state index contributed by atoms with van der Waals surface area (Å²) in [6, 6.07) is 9.21. The number of aliphatic imine (C=N–C) groups is 1. The maximum atomic E-state index is 15.0. The smallest absolute Gasteiger partial charge is 0.235 e. The number of rotatable bonds is 3. The summed E-state index contributed by atoms with van der Waals surface area (Å²) >= 11 is 0. The Morgan fingerprint density at radius 2 is 2.20 bits per heavy atom. The third kappa shape index (κ3) is 3.25. The Bertz CT molecular complexity index is 1080. The highest BCUT2D eigenvalue weighted by molar-refractivity contribution is 6.00. The van der Waals surface area contributed by atoms with Crippen LogP contribution in [0.4, 0.5) is 4.39 Å². The van der Waals surface area contributed by atoms with E-state index in [0.717, 1.165) is 0 Å². The van der Waals surface area contributed by atoms with Crippen LogP contribution in [-0.4, -0.2) is 41.5 Å². The van der Waals surface area contributed by atoms with Crippen molar-refractivity contribution in [1.82, 2.24) is 9.88 Å². The maximum absolute atomic E-state index is 15.0. The normalized spacial score (nSPS) is 25.9. The average molecular weight is 409 g/mol. The Morgan fingerprint density at radius 3 is 2.97 bits per heavy atom. The van der Waals surface area contributed by atoms with Gasteiger partial charge in [0, 0.05) is 24.9 Å². The van der Waals surface area contributed by atoms with E-state index in [1.807, 2.05) is 13.0 Å². The topological polar surface area (TPSA) is 114 Å². The number of hydrogen-bond donors (Lipinski definition) is 1. The molecule has 1 saturated heterocycles. The Kier molecular flexibility index (Phi) is 4.87. The summed E-state index contributed by atoms with van der Waals surface area (Å²) in [5.41, 5.74) is 5.24. The van der Waals surface area contributed by atoms with E-state index in [2.05, 4.69) is 9.98 Å². The first-order valence-corrected chi connectivity index (χ1v) is 9.42. The highest BCUT2D eigenvalue weighted by atomic mass is 19.1. The minimum Gasteiger partial charge on any atom is -0.439 e. The fourth-order valence-corrected chi connectivity index (χ4v) is 3.89. The number of carbonyl (C=O) groups excluding carboxylic acids is 1. The molecule has 2 N–H and O–H groups in total. The number of amides is 1. The van der Waals surface area contributed by atoms with Gasteiger partial charge in [-0.1, -0.05) is 0 Å². The molecule has 0 saturated carbocycles. The van der Waals surface area contributed by atoms with E-state index in [-0.39, 0.29) is 36.0 Å². The monoisotopic (exact) mass is 409 g/mol. The van der Waals surface area contributed by atoms with Gasteiger partial charge in [-0.15, -0.1) is 0 Å². The van der Waals surface area contributed by atoms with Crippen LogP contribution in [0.1, 0.15) is 24.5 Å². The quantitative estimate of drug-likeness (QED) is 0.832. The number of pyridine rings is 1. The molecule has 3 atom stereocenters. The van der Waals surface area contributed by atoms with E-state index >= 15 is 4.39 Å². The van der Waals surface area contributed by atoms with Crippen molar-refractivity contribution < 1.29 is 18.7 Å². The van der Waals surface area contributed by atoms with Crippen LogP contribution in [0.15, 0.2) is 41.5 Å². The fraction of sp³-hybridized carbons (Fsp3) is 0.333. The number of guanidine groups is 1. The van der Waals surface area contributed by atoms with Gasteiger partial charge in [-0.2, -0.15) is 5.26 Å². The largest absolute Gasteiger partial charge is 0.439 e. The van der Waals surface area contributed by atoms with Gasteiger partial charge in [-0.3, -0.25) is 9.69 Å². The van der Waals surface area contributed by atoms with Crippen LogP contribution >= 0.6 is 0 Å². The van der Waals surface area contributed by atoms with E-state index < -0.39 is 17.3 Å². The minimum absolute atomic E-state index is 0.00325. The molecule has 30 heavy (non-hydrogen) atoms. The van der Waals surface area contributed by atoms with Gasteiger partial charge in [-0.25, -0.2) is 14.4 Å². The predicted molar refractivity (Wildman–Crippen MR) is 105 cm³/mol. The summed E-state index contributed by atoms with van der Waals surface area (Å²) in [5.74, 6) is -0.908. The van der Waals surface area contributed by atoms with Crippen molar-refractivity contribution in [2.45, 2.75) is 25.0 Å². The van der Waals surface area contributed by atoms with Crippen LogP contribution in [0.25, 0.3) is 0 Å². The Hall–Kier alpha value is -3.51. The van der Waals surface area contributed by atoms with Gasteiger partial charge in [0.1, 0.15) is 17.1 Å². The molecule has 3 heterocycles. The first-order chi connectivity index (χ1) is 14.3. The molecule has 2 aliphatic rings. The Balaban J connectivity index is 1.79. The second-order valence-electron chi connectivity index (χ2n) is 7.44. The van der Waals surface area contributed by atoms with Gasteiger partial charge in [-0.05, 0) is 37.6 Å². The predicted octanol–water partition coefficient (Wildman–Crippen LogP) is 2.29. The maximum Gasteiger partial charge on any atom is 0.235 e. The zero-order valence-corrected chi connectivity index (χ0v) is 16.5. The molecule has 8 nitrogen and oxygen atoms in total. The van der Waals surface area contributed by atoms with Crippen LogP contribution in [0.5, 0.6) is 11.6 Å². The van der Waals surface area contributed by atoms with Gasteiger partial charge in [0.05, 0.1) is 30.3 Å². The summed E-state index contributed by atoms with van der Waals surface area (Å²) in [7, 11) is 1.55. The van der Waals surface area contributed by atoms with Crippen LogP contribution in [0, 0.1) is 23.1 Å². The lowest BCUT2D eigenvalue weighted by Gasteiger charge is -2.46. The Morgan fingerprint density at radius 1 is 1.40 bits per heavy atom. The number of ether oxygens (including phenoxy) is 2. The first kappa shape index (κ1) is 19.8. The number of carbonyl (C=O) groups is 1. The lowest BCUT2D eigenvalue weighted by atomic mass is 9.72. The van der Waals surface area contributed by atoms with Crippen LogP contribution in [0.3, 0.4) is 0 Å². The zero-order valence-electron chi connectivity index (χ0n) is 16.5. The molecule has 1 aromatic carbocycles. The number of nitrogens with zero attached hydrogens (tertiary/aromatic N) is 4. The lowest BCUT2D eigenvalue weighted by Crippen LogP contribution is -2.59. The number of nitrogens with two attached hydrogens (primary N) is 1.